The summed E-state index contributed by atoms with van der Waals surface area (Å²) >= 11 is 0. The molecule has 4 bridgehead atoms. The minimum absolute atomic E-state index is 0.124. The van der Waals surface area contributed by atoms with Gasteiger partial charge in [-0.15, -0.1) is 0 Å². The van der Waals surface area contributed by atoms with E-state index >= 15 is 0 Å². The van der Waals surface area contributed by atoms with E-state index in [2.05, 4.69) is 6.92 Å². The third-order valence-electron chi connectivity index (χ3n) is 5.57. The van der Waals surface area contributed by atoms with Crippen molar-refractivity contribution in [2.75, 3.05) is 0 Å². The van der Waals surface area contributed by atoms with E-state index in [0.717, 1.165) is 18.3 Å². The zero-order valence-electron chi connectivity index (χ0n) is 10.1. The Morgan fingerprint density at radius 1 is 1.19 bits per heavy atom. The molecule has 4 atom stereocenters. The fourth-order valence-corrected chi connectivity index (χ4v) is 5.58. The Bertz CT molecular complexity index is 307. The molecule has 4 aliphatic carbocycles. The second-order valence-electron chi connectivity index (χ2n) is 6.86. The third-order valence-corrected chi connectivity index (χ3v) is 5.57. The highest BCUT2D eigenvalue weighted by Gasteiger charge is 2.56. The maximum atomic E-state index is 11.0. The number of carbonyl (C=O) groups excluding carboxylic acids is 1. The van der Waals surface area contributed by atoms with Gasteiger partial charge in [0.1, 0.15) is 0 Å². The zero-order chi connectivity index (χ0) is 11.4. The molecule has 2 unspecified atom stereocenters. The first-order chi connectivity index (χ1) is 7.55. The van der Waals surface area contributed by atoms with Crippen LogP contribution in [-0.4, -0.2) is 5.97 Å². The van der Waals surface area contributed by atoms with Gasteiger partial charge in [0.15, 0.2) is 0 Å². The van der Waals surface area contributed by atoms with Gasteiger partial charge in [-0.25, -0.2) is 0 Å². The molecule has 2 nitrogen and oxygen atoms in total. The van der Waals surface area contributed by atoms with Gasteiger partial charge in [-0.05, 0) is 67.6 Å². The highest BCUT2D eigenvalue weighted by Crippen LogP contribution is 2.67. The Labute approximate surface area is 97.4 Å². The summed E-state index contributed by atoms with van der Waals surface area (Å²) in [6.07, 6.45) is 9.17. The Morgan fingerprint density at radius 2 is 1.75 bits per heavy atom. The molecule has 0 aromatic heterocycles. The molecule has 90 valence electrons. The topological polar surface area (TPSA) is 40.1 Å². The van der Waals surface area contributed by atoms with Crippen molar-refractivity contribution in [3.8, 4) is 0 Å². The van der Waals surface area contributed by atoms with Gasteiger partial charge in [-0.1, -0.05) is 13.3 Å². The van der Waals surface area contributed by atoms with Crippen LogP contribution in [-0.2, 0) is 4.79 Å². The van der Waals surface area contributed by atoms with Crippen LogP contribution in [0.25, 0.3) is 0 Å². The molecule has 0 aromatic carbocycles. The summed E-state index contributed by atoms with van der Waals surface area (Å²) < 4.78 is 0. The van der Waals surface area contributed by atoms with Gasteiger partial charge in [-0.3, -0.25) is 0 Å². The van der Waals surface area contributed by atoms with Crippen LogP contribution in [0.5, 0.6) is 0 Å². The molecular formula is C14H21O2-. The lowest BCUT2D eigenvalue weighted by molar-refractivity contribution is -0.310. The molecule has 4 fully saturated rings. The summed E-state index contributed by atoms with van der Waals surface area (Å²) in [5.74, 6) is 0.814. The van der Waals surface area contributed by atoms with Crippen LogP contribution in [0.3, 0.4) is 0 Å². The smallest absolute Gasteiger partial charge is 0.0419 e. The number of hydrogen-bond acceptors (Lipinski definition) is 2. The van der Waals surface area contributed by atoms with Crippen molar-refractivity contribution in [3.63, 3.8) is 0 Å². The minimum atomic E-state index is -0.826. The first kappa shape index (κ1) is 10.6. The van der Waals surface area contributed by atoms with Gasteiger partial charge < -0.3 is 9.90 Å². The molecule has 0 heterocycles. The molecule has 0 N–H and O–H groups in total. The van der Waals surface area contributed by atoms with Gasteiger partial charge >= 0.3 is 0 Å². The lowest BCUT2D eigenvalue weighted by Gasteiger charge is -2.62. The maximum Gasteiger partial charge on any atom is 0.0419 e. The molecule has 0 amide bonds. The Hall–Kier alpha value is -0.530. The van der Waals surface area contributed by atoms with E-state index in [1.807, 2.05) is 0 Å². The normalized spacial score (nSPS) is 49.6. The van der Waals surface area contributed by atoms with Crippen molar-refractivity contribution >= 4 is 5.97 Å². The number of hydrogen-bond donors (Lipinski definition) is 0. The zero-order valence-corrected chi connectivity index (χ0v) is 10.1. The highest BCUT2D eigenvalue weighted by atomic mass is 16.4. The predicted octanol–water partition coefficient (Wildman–Crippen LogP) is 2.12. The average molecular weight is 221 g/mol. The monoisotopic (exact) mass is 221 g/mol. The van der Waals surface area contributed by atoms with Gasteiger partial charge in [0.25, 0.3) is 0 Å². The van der Waals surface area contributed by atoms with E-state index in [1.54, 1.807) is 0 Å². The molecule has 2 heteroatoms. The number of carbonyl (C=O) groups is 1. The first-order valence-electron chi connectivity index (χ1n) is 6.75. The minimum Gasteiger partial charge on any atom is -0.550 e. The molecule has 4 saturated carbocycles. The van der Waals surface area contributed by atoms with Crippen molar-refractivity contribution in [2.24, 2.45) is 22.7 Å². The second kappa shape index (κ2) is 3.24. The van der Waals surface area contributed by atoms with E-state index in [1.165, 1.54) is 38.5 Å². The quantitative estimate of drug-likeness (QED) is 0.732. The Balaban J connectivity index is 1.89. The highest BCUT2D eigenvalue weighted by molar-refractivity contribution is 5.65. The summed E-state index contributed by atoms with van der Waals surface area (Å²) in [4.78, 5) is 11.0. The van der Waals surface area contributed by atoms with Crippen molar-refractivity contribution in [3.05, 3.63) is 0 Å². The standard InChI is InChI=1S/C14H22O2/c1-2-13-4-10-3-11(5-13)7-14(6-10,9-13)8-12(15)16/h10-11H,2-9H2,1H3,(H,15,16)/p-1/t10-,11+,13?,14?. The summed E-state index contributed by atoms with van der Waals surface area (Å²) in [5.41, 5.74) is 0.623. The summed E-state index contributed by atoms with van der Waals surface area (Å²) in [7, 11) is 0. The average Bonchev–Trinajstić information content (AvgIpc) is 2.13. The van der Waals surface area contributed by atoms with Crippen molar-refractivity contribution in [1.82, 2.24) is 0 Å². The Morgan fingerprint density at radius 3 is 2.25 bits per heavy atom. The number of rotatable bonds is 3. The second-order valence-corrected chi connectivity index (χ2v) is 6.86. The molecule has 4 aliphatic rings. The molecule has 0 aromatic rings. The van der Waals surface area contributed by atoms with Crippen molar-refractivity contribution in [2.45, 2.75) is 58.3 Å². The number of aliphatic carboxylic acids is 1. The van der Waals surface area contributed by atoms with Crippen LogP contribution in [0, 0.1) is 22.7 Å². The van der Waals surface area contributed by atoms with Gasteiger partial charge in [0.2, 0.25) is 0 Å². The first-order valence-corrected chi connectivity index (χ1v) is 6.75. The molecule has 16 heavy (non-hydrogen) atoms. The summed E-state index contributed by atoms with van der Waals surface area (Å²) in [6, 6.07) is 0. The van der Waals surface area contributed by atoms with Crippen LogP contribution < -0.4 is 5.11 Å². The molecule has 4 rings (SSSR count). The summed E-state index contributed by atoms with van der Waals surface area (Å²) in [5, 5.41) is 11.0. The van der Waals surface area contributed by atoms with E-state index in [0.29, 0.717) is 11.8 Å². The lowest BCUT2D eigenvalue weighted by Crippen LogP contribution is -2.53. The van der Waals surface area contributed by atoms with Gasteiger partial charge in [0, 0.05) is 5.97 Å². The summed E-state index contributed by atoms with van der Waals surface area (Å²) in [6.45, 7) is 2.29. The third kappa shape index (κ3) is 1.49. The number of carboxylic acids is 1. The van der Waals surface area contributed by atoms with Crippen LogP contribution in [0.1, 0.15) is 58.3 Å². The van der Waals surface area contributed by atoms with Crippen LogP contribution >= 0.6 is 0 Å². The van der Waals surface area contributed by atoms with Crippen LogP contribution in [0.15, 0.2) is 0 Å². The van der Waals surface area contributed by atoms with Crippen molar-refractivity contribution < 1.29 is 9.90 Å². The predicted molar refractivity (Wildman–Crippen MR) is 59.5 cm³/mol. The van der Waals surface area contributed by atoms with Gasteiger partial charge in [0.05, 0.1) is 0 Å². The van der Waals surface area contributed by atoms with Gasteiger partial charge in [-0.2, -0.15) is 0 Å². The van der Waals surface area contributed by atoms with E-state index in [4.69, 9.17) is 0 Å². The number of carboxylic acid groups (broad SMARTS) is 1. The Kier molecular flexibility index (Phi) is 2.15. The maximum absolute atomic E-state index is 11.0. The SMILES string of the molecule is CCC12C[C@H]3C[C@@H](C1)CC(CC(=O)[O-])(C3)C2. The molecular weight excluding hydrogens is 200 g/mol. The van der Waals surface area contributed by atoms with E-state index in [-0.39, 0.29) is 5.41 Å². The van der Waals surface area contributed by atoms with E-state index < -0.39 is 5.97 Å². The fourth-order valence-electron chi connectivity index (χ4n) is 5.58. The fraction of sp³-hybridized carbons (Fsp3) is 0.929. The van der Waals surface area contributed by atoms with E-state index in [9.17, 15) is 9.90 Å². The molecule has 0 aliphatic heterocycles. The van der Waals surface area contributed by atoms with Crippen molar-refractivity contribution in [1.29, 1.82) is 0 Å². The lowest BCUT2D eigenvalue weighted by atomic mass is 9.43. The van der Waals surface area contributed by atoms with Crippen LogP contribution in [0.2, 0.25) is 0 Å². The van der Waals surface area contributed by atoms with Crippen LogP contribution in [0.4, 0.5) is 0 Å². The molecule has 0 saturated heterocycles. The molecule has 0 radical (unpaired) electrons. The molecule has 0 spiro atoms. The largest absolute Gasteiger partial charge is 0.550 e.